The highest BCUT2D eigenvalue weighted by molar-refractivity contribution is 8.00. The molecule has 1 aliphatic rings. The van der Waals surface area contributed by atoms with Crippen LogP contribution in [0.15, 0.2) is 0 Å². The molecule has 1 fully saturated rings. The molecule has 70 valence electrons. The number of carbonyl (C=O) groups excluding carboxylic acids is 1. The Morgan fingerprint density at radius 3 is 2.67 bits per heavy atom. The molecule has 0 bridgehead atoms. The molecule has 3 nitrogen and oxygen atoms in total. The minimum Gasteiger partial charge on any atom is -0.339 e. The number of hydrogen-bond acceptors (Lipinski definition) is 3. The number of thioether (sulfide) groups is 1. The highest BCUT2D eigenvalue weighted by Crippen LogP contribution is 2.13. The molecule has 0 aliphatic carbocycles. The number of amides is 1. The van der Waals surface area contributed by atoms with E-state index >= 15 is 0 Å². The molecular formula is C8H16N2OS. The zero-order valence-corrected chi connectivity index (χ0v) is 8.43. The van der Waals surface area contributed by atoms with Gasteiger partial charge >= 0.3 is 0 Å². The van der Waals surface area contributed by atoms with Crippen molar-refractivity contribution in [3.8, 4) is 0 Å². The van der Waals surface area contributed by atoms with Crippen LogP contribution in [0.5, 0.6) is 0 Å². The van der Waals surface area contributed by atoms with Crippen LogP contribution in [0.2, 0.25) is 0 Å². The van der Waals surface area contributed by atoms with Gasteiger partial charge in [-0.3, -0.25) is 4.79 Å². The molecule has 0 spiro atoms. The third-order valence-electron chi connectivity index (χ3n) is 1.80. The van der Waals surface area contributed by atoms with E-state index in [1.54, 1.807) is 11.8 Å². The average Bonchev–Trinajstić information content (AvgIpc) is 1.94. The molecule has 0 unspecified atom stereocenters. The first-order valence-electron chi connectivity index (χ1n) is 4.24. The van der Waals surface area contributed by atoms with Gasteiger partial charge in [0.05, 0.1) is 5.75 Å². The monoisotopic (exact) mass is 188 g/mol. The minimum atomic E-state index is 0.220. The van der Waals surface area contributed by atoms with Crippen molar-refractivity contribution in [2.24, 2.45) is 5.73 Å². The molecule has 1 amide bonds. The summed E-state index contributed by atoms with van der Waals surface area (Å²) >= 11 is 1.69. The molecule has 1 heterocycles. The molecule has 0 aromatic carbocycles. The van der Waals surface area contributed by atoms with Gasteiger partial charge in [-0.2, -0.15) is 0 Å². The van der Waals surface area contributed by atoms with Crippen LogP contribution >= 0.6 is 11.8 Å². The summed E-state index contributed by atoms with van der Waals surface area (Å²) in [6.45, 7) is 5.69. The Morgan fingerprint density at radius 2 is 2.25 bits per heavy atom. The molecule has 12 heavy (non-hydrogen) atoms. The Kier molecular flexibility index (Phi) is 3.40. The lowest BCUT2D eigenvalue weighted by molar-refractivity contribution is -0.132. The second-order valence-corrected chi connectivity index (χ2v) is 4.98. The van der Waals surface area contributed by atoms with E-state index in [1.165, 1.54) is 0 Å². The van der Waals surface area contributed by atoms with E-state index in [2.05, 4.69) is 13.8 Å². The fourth-order valence-corrected chi connectivity index (χ4v) is 1.70. The number of likely N-dealkylation sites (tertiary alicyclic amines) is 1. The highest BCUT2D eigenvalue weighted by atomic mass is 32.2. The Bertz CT molecular complexity index is 166. The third kappa shape index (κ3) is 2.68. The predicted molar refractivity (Wildman–Crippen MR) is 52.1 cm³/mol. The third-order valence-corrected chi connectivity index (χ3v) is 2.88. The molecule has 0 atom stereocenters. The molecule has 4 heteroatoms. The van der Waals surface area contributed by atoms with Gasteiger partial charge in [0.25, 0.3) is 0 Å². The minimum absolute atomic E-state index is 0.220. The van der Waals surface area contributed by atoms with Gasteiger partial charge in [-0.15, -0.1) is 11.8 Å². The van der Waals surface area contributed by atoms with Crippen molar-refractivity contribution in [1.29, 1.82) is 0 Å². The quantitative estimate of drug-likeness (QED) is 0.693. The first kappa shape index (κ1) is 9.86. The number of rotatable bonds is 3. The zero-order valence-electron chi connectivity index (χ0n) is 7.62. The summed E-state index contributed by atoms with van der Waals surface area (Å²) in [5.41, 5.74) is 5.56. The van der Waals surface area contributed by atoms with E-state index in [9.17, 15) is 4.79 Å². The molecule has 0 aromatic heterocycles. The summed E-state index contributed by atoms with van der Waals surface area (Å²) in [6.07, 6.45) is 0. The number of nitrogens with zero attached hydrogens (tertiary/aromatic N) is 1. The van der Waals surface area contributed by atoms with E-state index < -0.39 is 0 Å². The van der Waals surface area contributed by atoms with Crippen molar-refractivity contribution in [3.63, 3.8) is 0 Å². The van der Waals surface area contributed by atoms with Crippen LogP contribution in [0.4, 0.5) is 0 Å². The van der Waals surface area contributed by atoms with Gasteiger partial charge in [0.1, 0.15) is 0 Å². The van der Waals surface area contributed by atoms with Crippen molar-refractivity contribution >= 4 is 17.7 Å². The van der Waals surface area contributed by atoms with Gasteiger partial charge in [0, 0.05) is 19.1 Å². The normalized spacial score (nSPS) is 18.2. The van der Waals surface area contributed by atoms with E-state index in [-0.39, 0.29) is 11.9 Å². The largest absolute Gasteiger partial charge is 0.339 e. The Labute approximate surface area is 77.7 Å². The first-order chi connectivity index (χ1) is 5.59. The summed E-state index contributed by atoms with van der Waals surface area (Å²) in [5, 5.41) is 0.531. The summed E-state index contributed by atoms with van der Waals surface area (Å²) in [6, 6.07) is 0.220. The molecular weight excluding hydrogens is 172 g/mol. The van der Waals surface area contributed by atoms with Gasteiger partial charge in [0.15, 0.2) is 0 Å². The SMILES string of the molecule is CC(C)SCC(=O)N1CC(N)C1. The fraction of sp³-hybridized carbons (Fsp3) is 0.875. The van der Waals surface area contributed by atoms with Crippen molar-refractivity contribution in [2.45, 2.75) is 25.1 Å². The van der Waals surface area contributed by atoms with Crippen molar-refractivity contribution < 1.29 is 4.79 Å². The van der Waals surface area contributed by atoms with Gasteiger partial charge in [-0.25, -0.2) is 0 Å². The molecule has 1 aliphatic heterocycles. The second-order valence-electron chi connectivity index (χ2n) is 3.42. The molecule has 1 saturated heterocycles. The smallest absolute Gasteiger partial charge is 0.232 e. The van der Waals surface area contributed by atoms with Gasteiger partial charge in [-0.1, -0.05) is 13.8 Å². The van der Waals surface area contributed by atoms with E-state index in [0.29, 0.717) is 11.0 Å². The fourth-order valence-electron chi connectivity index (χ4n) is 1.05. The summed E-state index contributed by atoms with van der Waals surface area (Å²) in [7, 11) is 0. The van der Waals surface area contributed by atoms with Crippen LogP contribution < -0.4 is 5.73 Å². The lowest BCUT2D eigenvalue weighted by atomic mass is 10.1. The second kappa shape index (κ2) is 4.14. The number of hydrogen-bond donors (Lipinski definition) is 1. The summed E-state index contributed by atoms with van der Waals surface area (Å²) in [4.78, 5) is 13.1. The van der Waals surface area contributed by atoms with Crippen molar-refractivity contribution in [3.05, 3.63) is 0 Å². The Hall–Kier alpha value is -0.220. The first-order valence-corrected chi connectivity index (χ1v) is 5.29. The zero-order chi connectivity index (χ0) is 9.14. The van der Waals surface area contributed by atoms with Crippen LogP contribution in [0.25, 0.3) is 0 Å². The van der Waals surface area contributed by atoms with Crippen molar-refractivity contribution in [1.82, 2.24) is 4.90 Å². The lowest BCUT2D eigenvalue weighted by Gasteiger charge is -2.36. The van der Waals surface area contributed by atoms with Crippen LogP contribution in [-0.2, 0) is 4.79 Å². The maximum Gasteiger partial charge on any atom is 0.232 e. The summed E-state index contributed by atoms with van der Waals surface area (Å²) < 4.78 is 0. The Morgan fingerprint density at radius 1 is 1.67 bits per heavy atom. The summed E-state index contributed by atoms with van der Waals surface area (Å²) in [5.74, 6) is 0.833. The predicted octanol–water partition coefficient (Wildman–Crippen LogP) is 0.298. The average molecular weight is 188 g/mol. The van der Waals surface area contributed by atoms with E-state index in [0.717, 1.165) is 13.1 Å². The number of carbonyl (C=O) groups is 1. The topological polar surface area (TPSA) is 46.3 Å². The molecule has 0 saturated carbocycles. The highest BCUT2D eigenvalue weighted by Gasteiger charge is 2.27. The lowest BCUT2D eigenvalue weighted by Crippen LogP contribution is -2.58. The molecule has 2 N–H and O–H groups in total. The maximum absolute atomic E-state index is 11.3. The van der Waals surface area contributed by atoms with Crippen LogP contribution in [-0.4, -0.2) is 40.9 Å². The van der Waals surface area contributed by atoms with Crippen molar-refractivity contribution in [2.75, 3.05) is 18.8 Å². The van der Waals surface area contributed by atoms with Crippen LogP contribution in [0.3, 0.4) is 0 Å². The van der Waals surface area contributed by atoms with E-state index in [4.69, 9.17) is 5.73 Å². The molecule has 1 rings (SSSR count). The van der Waals surface area contributed by atoms with Crippen LogP contribution in [0.1, 0.15) is 13.8 Å². The van der Waals surface area contributed by atoms with Gasteiger partial charge in [-0.05, 0) is 5.25 Å². The number of nitrogens with two attached hydrogens (primary N) is 1. The Balaban J connectivity index is 2.13. The van der Waals surface area contributed by atoms with Crippen LogP contribution in [0, 0.1) is 0 Å². The molecule has 0 radical (unpaired) electrons. The van der Waals surface area contributed by atoms with E-state index in [1.807, 2.05) is 4.90 Å². The maximum atomic E-state index is 11.3. The van der Waals surface area contributed by atoms with Gasteiger partial charge < -0.3 is 10.6 Å². The molecule has 0 aromatic rings. The standard InChI is InChI=1S/C8H16N2OS/c1-6(2)12-5-8(11)10-3-7(9)4-10/h6-7H,3-5,9H2,1-2H3. The van der Waals surface area contributed by atoms with Gasteiger partial charge in [0.2, 0.25) is 5.91 Å².